The van der Waals surface area contributed by atoms with Crippen molar-refractivity contribution in [2.24, 2.45) is 0 Å². The molecule has 0 aliphatic carbocycles. The van der Waals surface area contributed by atoms with Crippen LogP contribution >= 0.6 is 11.6 Å². The molecule has 0 atom stereocenters. The molecule has 2 heterocycles. The van der Waals surface area contributed by atoms with Gasteiger partial charge in [-0.05, 0) is 36.8 Å². The van der Waals surface area contributed by atoms with Gasteiger partial charge in [0.2, 0.25) is 0 Å². The number of nitrogens with zero attached hydrogens (tertiary/aromatic N) is 3. The Morgan fingerprint density at radius 3 is 2.65 bits per heavy atom. The van der Waals surface area contributed by atoms with E-state index in [1.807, 2.05) is 49.4 Å². The monoisotopic (exact) mass is 325 g/mol. The van der Waals surface area contributed by atoms with E-state index in [-0.39, 0.29) is 0 Å². The average molecular weight is 326 g/mol. The number of rotatable bonds is 5. The van der Waals surface area contributed by atoms with Crippen molar-refractivity contribution in [3.8, 4) is 0 Å². The molecule has 3 aromatic rings. The lowest BCUT2D eigenvalue weighted by atomic mass is 10.2. The molecule has 3 rings (SSSR count). The first-order valence-corrected chi connectivity index (χ1v) is 7.57. The summed E-state index contributed by atoms with van der Waals surface area (Å²) >= 11 is 6.14. The van der Waals surface area contributed by atoms with Crippen LogP contribution in [0.15, 0.2) is 55.0 Å². The number of anilines is 3. The van der Waals surface area contributed by atoms with Crippen LogP contribution in [-0.4, -0.2) is 15.0 Å². The van der Waals surface area contributed by atoms with Crippen molar-refractivity contribution < 1.29 is 0 Å². The van der Waals surface area contributed by atoms with Crippen LogP contribution in [0.2, 0.25) is 5.02 Å². The van der Waals surface area contributed by atoms with Gasteiger partial charge in [-0.15, -0.1) is 0 Å². The first-order valence-electron chi connectivity index (χ1n) is 7.20. The standard InChI is InChI=1S/C17H16ClN5/c1-12-5-6-13(8-15(12)18)23-17-9-16(21-11-22-17)20-10-14-4-2-3-7-19-14/h2-9,11H,10H2,1H3,(H2,20,21,22,23). The largest absolute Gasteiger partial charge is 0.364 e. The van der Waals surface area contributed by atoms with E-state index in [0.717, 1.165) is 27.8 Å². The number of hydrogen-bond acceptors (Lipinski definition) is 5. The summed E-state index contributed by atoms with van der Waals surface area (Å²) in [6.07, 6.45) is 3.28. The minimum Gasteiger partial charge on any atom is -0.364 e. The number of hydrogen-bond donors (Lipinski definition) is 2. The first kappa shape index (κ1) is 15.2. The average Bonchev–Trinajstić information content (AvgIpc) is 2.58. The van der Waals surface area contributed by atoms with Crippen molar-refractivity contribution in [3.63, 3.8) is 0 Å². The Kier molecular flexibility index (Phi) is 4.68. The second-order valence-electron chi connectivity index (χ2n) is 5.05. The molecule has 2 aromatic heterocycles. The smallest absolute Gasteiger partial charge is 0.135 e. The number of nitrogens with one attached hydrogen (secondary N) is 2. The van der Waals surface area contributed by atoms with Gasteiger partial charge in [0.05, 0.1) is 12.2 Å². The molecule has 0 radical (unpaired) electrons. The predicted octanol–water partition coefficient (Wildman–Crippen LogP) is 4.19. The van der Waals surface area contributed by atoms with E-state index in [4.69, 9.17) is 11.6 Å². The fourth-order valence-corrected chi connectivity index (χ4v) is 2.21. The lowest BCUT2D eigenvalue weighted by Gasteiger charge is -2.09. The Labute approximate surface area is 139 Å². The zero-order valence-corrected chi connectivity index (χ0v) is 13.4. The van der Waals surface area contributed by atoms with Crippen LogP contribution in [0, 0.1) is 6.92 Å². The van der Waals surface area contributed by atoms with Gasteiger partial charge in [-0.3, -0.25) is 4.98 Å². The van der Waals surface area contributed by atoms with E-state index in [1.165, 1.54) is 6.33 Å². The highest BCUT2D eigenvalue weighted by atomic mass is 35.5. The molecule has 0 aliphatic heterocycles. The van der Waals surface area contributed by atoms with Crippen LogP contribution < -0.4 is 10.6 Å². The van der Waals surface area contributed by atoms with Gasteiger partial charge in [0, 0.05) is 23.0 Å². The summed E-state index contributed by atoms with van der Waals surface area (Å²) < 4.78 is 0. The minimum atomic E-state index is 0.605. The predicted molar refractivity (Wildman–Crippen MR) is 93.1 cm³/mol. The maximum atomic E-state index is 6.14. The van der Waals surface area contributed by atoms with Gasteiger partial charge in [0.1, 0.15) is 18.0 Å². The number of halogens is 1. The Balaban J connectivity index is 1.68. The lowest BCUT2D eigenvalue weighted by molar-refractivity contribution is 1.02. The first-order chi connectivity index (χ1) is 11.2. The summed E-state index contributed by atoms with van der Waals surface area (Å²) in [5.41, 5.74) is 2.87. The molecule has 6 heteroatoms. The van der Waals surface area contributed by atoms with E-state index in [1.54, 1.807) is 6.20 Å². The van der Waals surface area contributed by atoms with Crippen molar-refractivity contribution in [2.75, 3.05) is 10.6 Å². The third kappa shape index (κ3) is 4.17. The van der Waals surface area contributed by atoms with Gasteiger partial charge in [0.25, 0.3) is 0 Å². The fraction of sp³-hybridized carbons (Fsp3) is 0.118. The van der Waals surface area contributed by atoms with E-state index in [2.05, 4.69) is 25.6 Å². The molecule has 5 nitrogen and oxygen atoms in total. The second kappa shape index (κ2) is 7.07. The molecule has 2 N–H and O–H groups in total. The van der Waals surface area contributed by atoms with Gasteiger partial charge < -0.3 is 10.6 Å². The molecule has 0 saturated carbocycles. The molecule has 1 aromatic carbocycles. The highest BCUT2D eigenvalue weighted by Crippen LogP contribution is 2.23. The van der Waals surface area contributed by atoms with E-state index >= 15 is 0 Å². The van der Waals surface area contributed by atoms with Crippen molar-refractivity contribution in [2.45, 2.75) is 13.5 Å². The summed E-state index contributed by atoms with van der Waals surface area (Å²) in [4.78, 5) is 12.7. The van der Waals surface area contributed by atoms with Crippen LogP contribution in [0.5, 0.6) is 0 Å². The number of aryl methyl sites for hydroxylation is 1. The van der Waals surface area contributed by atoms with Gasteiger partial charge in [-0.25, -0.2) is 9.97 Å². The van der Waals surface area contributed by atoms with Crippen LogP contribution in [0.4, 0.5) is 17.3 Å². The van der Waals surface area contributed by atoms with E-state index in [9.17, 15) is 0 Å². The Morgan fingerprint density at radius 2 is 1.87 bits per heavy atom. The normalized spacial score (nSPS) is 10.3. The fourth-order valence-electron chi connectivity index (χ4n) is 2.02. The lowest BCUT2D eigenvalue weighted by Crippen LogP contribution is -2.04. The van der Waals surface area contributed by atoms with E-state index in [0.29, 0.717) is 12.4 Å². The molecular formula is C17H16ClN5. The summed E-state index contributed by atoms with van der Waals surface area (Å²) in [6.45, 7) is 2.57. The van der Waals surface area contributed by atoms with Gasteiger partial charge in [0.15, 0.2) is 0 Å². The van der Waals surface area contributed by atoms with Crippen molar-refractivity contribution >= 4 is 28.9 Å². The number of aromatic nitrogens is 3. The topological polar surface area (TPSA) is 62.7 Å². The van der Waals surface area contributed by atoms with Crippen molar-refractivity contribution in [1.82, 2.24) is 15.0 Å². The third-order valence-corrected chi connectivity index (χ3v) is 3.70. The summed E-state index contributed by atoms with van der Waals surface area (Å²) in [7, 11) is 0. The van der Waals surface area contributed by atoms with Gasteiger partial charge in [-0.1, -0.05) is 23.7 Å². The van der Waals surface area contributed by atoms with E-state index < -0.39 is 0 Å². The summed E-state index contributed by atoms with van der Waals surface area (Å²) in [5.74, 6) is 1.43. The van der Waals surface area contributed by atoms with Crippen LogP contribution in [0.1, 0.15) is 11.3 Å². The van der Waals surface area contributed by atoms with Crippen molar-refractivity contribution in [1.29, 1.82) is 0 Å². The molecule has 23 heavy (non-hydrogen) atoms. The van der Waals surface area contributed by atoms with Gasteiger partial charge in [-0.2, -0.15) is 0 Å². The number of pyridine rings is 1. The highest BCUT2D eigenvalue weighted by molar-refractivity contribution is 6.31. The van der Waals surface area contributed by atoms with Gasteiger partial charge >= 0.3 is 0 Å². The molecule has 0 unspecified atom stereocenters. The maximum Gasteiger partial charge on any atom is 0.135 e. The zero-order chi connectivity index (χ0) is 16.1. The zero-order valence-electron chi connectivity index (χ0n) is 12.6. The highest BCUT2D eigenvalue weighted by Gasteiger charge is 2.02. The molecule has 0 spiro atoms. The quantitative estimate of drug-likeness (QED) is 0.736. The molecule has 0 aliphatic rings. The minimum absolute atomic E-state index is 0.605. The number of benzene rings is 1. The maximum absolute atomic E-state index is 6.14. The molecule has 116 valence electrons. The second-order valence-corrected chi connectivity index (χ2v) is 5.46. The summed E-state index contributed by atoms with van der Waals surface area (Å²) in [5, 5.41) is 7.17. The van der Waals surface area contributed by atoms with Crippen LogP contribution in [-0.2, 0) is 6.54 Å². The molecule has 0 bridgehead atoms. The Hall–Kier alpha value is -2.66. The van der Waals surface area contributed by atoms with Crippen LogP contribution in [0.3, 0.4) is 0 Å². The SMILES string of the molecule is Cc1ccc(Nc2cc(NCc3ccccn3)ncn2)cc1Cl. The van der Waals surface area contributed by atoms with Crippen LogP contribution in [0.25, 0.3) is 0 Å². The third-order valence-electron chi connectivity index (χ3n) is 3.29. The molecule has 0 amide bonds. The molecule has 0 fully saturated rings. The van der Waals surface area contributed by atoms with Crippen molar-refractivity contribution in [3.05, 3.63) is 71.3 Å². The summed E-state index contributed by atoms with van der Waals surface area (Å²) in [6, 6.07) is 13.5. The Bertz CT molecular complexity index is 792. The Morgan fingerprint density at radius 1 is 1.00 bits per heavy atom. The molecule has 0 saturated heterocycles. The molecular weight excluding hydrogens is 310 g/mol.